The molecule has 0 bridgehead atoms. The number of hydrogen-bond acceptors (Lipinski definition) is 8. The summed E-state index contributed by atoms with van der Waals surface area (Å²) in [5, 5.41) is -0.0658. The van der Waals surface area contributed by atoms with E-state index in [4.69, 9.17) is 13.6 Å². The lowest BCUT2D eigenvalue weighted by molar-refractivity contribution is -0.112. The van der Waals surface area contributed by atoms with Crippen molar-refractivity contribution in [1.29, 1.82) is 0 Å². The molecule has 0 aliphatic carbocycles. The molecule has 0 saturated heterocycles. The molecule has 0 spiro atoms. The van der Waals surface area contributed by atoms with Crippen LogP contribution in [0.1, 0.15) is 90.9 Å². The lowest BCUT2D eigenvalue weighted by atomic mass is 10.1. The predicted molar refractivity (Wildman–Crippen MR) is 128 cm³/mol. The fourth-order valence-corrected chi connectivity index (χ4v) is 5.55. The molecule has 0 aromatic rings. The third-order valence-corrected chi connectivity index (χ3v) is 8.33. The highest BCUT2D eigenvalue weighted by Crippen LogP contribution is 2.48. The molecule has 0 aromatic carbocycles. The Morgan fingerprint density at radius 2 is 1.30 bits per heavy atom. The first-order valence-electron chi connectivity index (χ1n) is 11.1. The number of phosphoric ester groups is 1. The fraction of sp³-hybridized carbons (Fsp3) is 0.905. The van der Waals surface area contributed by atoms with E-state index in [1.807, 2.05) is 0 Å². The molecule has 0 aliphatic heterocycles. The maximum atomic E-state index is 12.3. The first kappa shape index (κ1) is 30.1. The van der Waals surface area contributed by atoms with Crippen molar-refractivity contribution in [3.05, 3.63) is 0 Å². The average Bonchev–Trinajstić information content (AvgIpc) is 2.75. The molecule has 0 fully saturated rings. The van der Waals surface area contributed by atoms with Crippen molar-refractivity contribution >= 4 is 41.6 Å². The predicted octanol–water partition coefficient (Wildman–Crippen LogP) is 7.01. The van der Waals surface area contributed by atoms with Gasteiger partial charge in [0.1, 0.15) is 0 Å². The van der Waals surface area contributed by atoms with Crippen LogP contribution in [0.3, 0.4) is 0 Å². The summed E-state index contributed by atoms with van der Waals surface area (Å²) in [4.78, 5) is 24.5. The Morgan fingerprint density at radius 1 is 0.800 bits per heavy atom. The van der Waals surface area contributed by atoms with Gasteiger partial charge in [0.2, 0.25) is 0 Å². The van der Waals surface area contributed by atoms with E-state index in [2.05, 4.69) is 13.8 Å². The summed E-state index contributed by atoms with van der Waals surface area (Å²) in [7, 11) is -1.10. The van der Waals surface area contributed by atoms with Gasteiger partial charge in [-0.25, -0.2) is 4.57 Å². The zero-order valence-corrected chi connectivity index (χ0v) is 21.7. The molecule has 0 unspecified atom stereocenters. The fourth-order valence-electron chi connectivity index (χ4n) is 2.72. The Bertz CT molecular complexity index is 496. The van der Waals surface area contributed by atoms with Gasteiger partial charge < -0.3 is 0 Å². The zero-order chi connectivity index (χ0) is 22.7. The molecule has 0 amide bonds. The van der Waals surface area contributed by atoms with Gasteiger partial charge in [-0.3, -0.25) is 23.2 Å². The second-order valence-electron chi connectivity index (χ2n) is 7.23. The van der Waals surface area contributed by atoms with Gasteiger partial charge in [0, 0.05) is 38.1 Å². The minimum absolute atomic E-state index is 0.0297. The smallest absolute Gasteiger partial charge is 0.290 e. The van der Waals surface area contributed by atoms with E-state index in [-0.39, 0.29) is 22.1 Å². The van der Waals surface area contributed by atoms with Crippen LogP contribution in [0, 0.1) is 0 Å². The Kier molecular flexibility index (Phi) is 19.9. The summed E-state index contributed by atoms with van der Waals surface area (Å²) in [6.07, 6.45) is 12.0. The van der Waals surface area contributed by atoms with Crippen molar-refractivity contribution in [2.24, 2.45) is 0 Å². The molecular formula is C21H41O6PS2. The maximum Gasteiger partial charge on any atom is 0.474 e. The Morgan fingerprint density at radius 3 is 1.80 bits per heavy atom. The standard InChI is InChI=1S/C21H41O6PS2/c1-5-7-9-11-13-15-20(22)29-18-19(17-27-28(24,25-3)26-4)30-21(23)16-14-12-10-8-6-2/h19H,5-18H2,1-4H3/t19-/m0/s1. The zero-order valence-electron chi connectivity index (χ0n) is 19.2. The van der Waals surface area contributed by atoms with E-state index >= 15 is 0 Å². The van der Waals surface area contributed by atoms with Gasteiger partial charge in [0.05, 0.1) is 6.61 Å². The molecule has 9 heteroatoms. The minimum Gasteiger partial charge on any atom is -0.290 e. The molecule has 0 aromatic heterocycles. The van der Waals surface area contributed by atoms with Gasteiger partial charge in [-0.1, -0.05) is 88.7 Å². The summed E-state index contributed by atoms with van der Waals surface area (Å²) < 4.78 is 27.1. The maximum absolute atomic E-state index is 12.3. The molecule has 0 heterocycles. The van der Waals surface area contributed by atoms with Crippen molar-refractivity contribution in [3.8, 4) is 0 Å². The van der Waals surface area contributed by atoms with Crippen molar-refractivity contribution in [1.82, 2.24) is 0 Å². The van der Waals surface area contributed by atoms with E-state index < -0.39 is 7.82 Å². The second-order valence-corrected chi connectivity index (χ2v) is 11.5. The first-order valence-corrected chi connectivity index (χ1v) is 14.4. The molecule has 1 atom stereocenters. The molecule has 0 radical (unpaired) electrons. The van der Waals surface area contributed by atoms with Crippen molar-refractivity contribution < 1.29 is 27.7 Å². The monoisotopic (exact) mass is 484 g/mol. The SMILES string of the molecule is CCCCCCCC(=O)SC[C@H](COP(=O)(OC)OC)SC(=O)CCCCCCC. The number of rotatable bonds is 20. The highest BCUT2D eigenvalue weighted by Gasteiger charge is 2.26. The number of phosphoric acid groups is 1. The molecular weight excluding hydrogens is 443 g/mol. The van der Waals surface area contributed by atoms with E-state index in [9.17, 15) is 14.2 Å². The number of carbonyl (C=O) groups is 2. The third-order valence-electron chi connectivity index (χ3n) is 4.56. The molecule has 6 nitrogen and oxygen atoms in total. The summed E-state index contributed by atoms with van der Waals surface area (Å²) in [6.45, 7) is 4.36. The third kappa shape index (κ3) is 16.8. The van der Waals surface area contributed by atoms with Gasteiger partial charge >= 0.3 is 7.82 Å². The quantitative estimate of drug-likeness (QED) is 0.135. The van der Waals surface area contributed by atoms with Gasteiger partial charge in [-0.15, -0.1) is 0 Å². The summed E-state index contributed by atoms with van der Waals surface area (Å²) >= 11 is 2.41. The molecule has 0 saturated carbocycles. The van der Waals surface area contributed by atoms with Crippen molar-refractivity contribution in [2.75, 3.05) is 26.6 Å². The van der Waals surface area contributed by atoms with Gasteiger partial charge in [-0.2, -0.15) is 0 Å². The second kappa shape index (κ2) is 19.8. The molecule has 0 rings (SSSR count). The summed E-state index contributed by atoms with van der Waals surface area (Å²) in [6, 6.07) is 0. The lowest BCUT2D eigenvalue weighted by Crippen LogP contribution is -2.18. The van der Waals surface area contributed by atoms with Crippen molar-refractivity contribution in [2.45, 2.75) is 96.1 Å². The molecule has 0 aliphatic rings. The largest absolute Gasteiger partial charge is 0.474 e. The Labute approximate surface area is 191 Å². The van der Waals surface area contributed by atoms with Crippen LogP contribution >= 0.6 is 31.3 Å². The number of unbranched alkanes of at least 4 members (excludes halogenated alkanes) is 8. The van der Waals surface area contributed by atoms with Crippen molar-refractivity contribution in [3.63, 3.8) is 0 Å². The lowest BCUT2D eigenvalue weighted by Gasteiger charge is -2.18. The number of thioether (sulfide) groups is 2. The van der Waals surface area contributed by atoms with Gasteiger partial charge in [0.15, 0.2) is 10.2 Å². The minimum atomic E-state index is -3.61. The van der Waals surface area contributed by atoms with Crippen LogP contribution in [0.5, 0.6) is 0 Å². The van der Waals surface area contributed by atoms with Crippen LogP contribution in [0.25, 0.3) is 0 Å². The molecule has 0 N–H and O–H groups in total. The van der Waals surface area contributed by atoms with Gasteiger partial charge in [-0.05, 0) is 12.8 Å². The first-order chi connectivity index (χ1) is 14.4. The molecule has 178 valence electrons. The summed E-state index contributed by atoms with van der Waals surface area (Å²) in [5.41, 5.74) is 0. The van der Waals surface area contributed by atoms with E-state index in [1.165, 1.54) is 63.4 Å². The van der Waals surface area contributed by atoms with Crippen LogP contribution in [0.15, 0.2) is 0 Å². The average molecular weight is 485 g/mol. The van der Waals surface area contributed by atoms with Crippen LogP contribution in [-0.4, -0.2) is 42.1 Å². The Balaban J connectivity index is 4.47. The molecule has 30 heavy (non-hydrogen) atoms. The van der Waals surface area contributed by atoms with Gasteiger partial charge in [0.25, 0.3) is 0 Å². The van der Waals surface area contributed by atoms with E-state index in [0.29, 0.717) is 18.6 Å². The van der Waals surface area contributed by atoms with Crippen LogP contribution in [0.4, 0.5) is 0 Å². The topological polar surface area (TPSA) is 78.9 Å². The van der Waals surface area contributed by atoms with Crippen LogP contribution in [-0.2, 0) is 27.7 Å². The normalized spacial score (nSPS) is 12.8. The number of carbonyl (C=O) groups excluding carboxylic acids is 2. The van der Waals surface area contributed by atoms with Crippen LogP contribution in [0.2, 0.25) is 0 Å². The van der Waals surface area contributed by atoms with E-state index in [0.717, 1.165) is 38.5 Å². The number of hydrogen-bond donors (Lipinski definition) is 0. The highest BCUT2D eigenvalue weighted by atomic mass is 32.2. The van der Waals surface area contributed by atoms with Crippen LogP contribution < -0.4 is 0 Å². The highest BCUT2D eigenvalue weighted by molar-refractivity contribution is 8.17. The summed E-state index contributed by atoms with van der Waals surface area (Å²) in [5.74, 6) is 0.438. The van der Waals surface area contributed by atoms with E-state index in [1.54, 1.807) is 0 Å². The Hall–Kier alpha value is 0.150.